The molecule has 164 valence electrons. The number of urea groups is 1. The monoisotopic (exact) mass is 449 g/mol. The number of amides is 4. The third-order valence-corrected chi connectivity index (χ3v) is 5.30. The largest absolute Gasteiger partial charge is 0.493 e. The quantitative estimate of drug-likeness (QED) is 0.633. The standard InChI is InChI=1S/C21H21ClFN3O5/c1-21(14-6-5-13(23)9-15(14)22)19(28)26(20(29)25-21)11-18(27)24-10-12-4-7-16(30-2)17(8-12)31-3/h4-9H,10-11H2,1-3H3,(H,24,27)(H,25,29). The zero-order valence-corrected chi connectivity index (χ0v) is 17.9. The molecular formula is C21H21ClFN3O5. The molecule has 10 heteroatoms. The minimum absolute atomic E-state index is 0.00379. The van der Waals surface area contributed by atoms with Gasteiger partial charge in [-0.3, -0.25) is 14.5 Å². The van der Waals surface area contributed by atoms with Gasteiger partial charge in [0.1, 0.15) is 17.9 Å². The maximum Gasteiger partial charge on any atom is 0.325 e. The Balaban J connectivity index is 1.68. The molecule has 8 nitrogen and oxygen atoms in total. The average Bonchev–Trinajstić information content (AvgIpc) is 2.95. The van der Waals surface area contributed by atoms with Crippen LogP contribution in [0, 0.1) is 5.82 Å². The van der Waals surface area contributed by atoms with Crippen LogP contribution in [0.4, 0.5) is 9.18 Å². The summed E-state index contributed by atoms with van der Waals surface area (Å²) in [6, 6.07) is 7.95. The molecule has 31 heavy (non-hydrogen) atoms. The molecule has 2 aromatic rings. The van der Waals surface area contributed by atoms with E-state index in [4.69, 9.17) is 21.1 Å². The molecule has 1 heterocycles. The maximum absolute atomic E-state index is 13.4. The number of hydrogen-bond donors (Lipinski definition) is 2. The van der Waals surface area contributed by atoms with Gasteiger partial charge in [-0.1, -0.05) is 23.7 Å². The Hall–Kier alpha value is -3.33. The van der Waals surface area contributed by atoms with Crippen molar-refractivity contribution in [1.82, 2.24) is 15.5 Å². The number of benzene rings is 2. The molecule has 0 radical (unpaired) electrons. The first kappa shape index (κ1) is 22.4. The minimum atomic E-state index is -1.51. The summed E-state index contributed by atoms with van der Waals surface area (Å²) < 4.78 is 23.8. The second kappa shape index (κ2) is 8.81. The Kier molecular flexibility index (Phi) is 6.35. The van der Waals surface area contributed by atoms with Gasteiger partial charge < -0.3 is 20.1 Å². The summed E-state index contributed by atoms with van der Waals surface area (Å²) in [5, 5.41) is 5.19. The summed E-state index contributed by atoms with van der Waals surface area (Å²) >= 11 is 6.07. The van der Waals surface area contributed by atoms with Crippen molar-refractivity contribution in [3.05, 3.63) is 58.4 Å². The lowest BCUT2D eigenvalue weighted by molar-refractivity contribution is -0.134. The third kappa shape index (κ3) is 4.41. The summed E-state index contributed by atoms with van der Waals surface area (Å²) in [6.07, 6.45) is 0. The molecule has 1 fully saturated rings. The van der Waals surface area contributed by atoms with Crippen molar-refractivity contribution in [2.45, 2.75) is 19.0 Å². The summed E-state index contributed by atoms with van der Waals surface area (Å²) in [5.41, 5.74) is -0.529. The fourth-order valence-electron chi connectivity index (χ4n) is 3.31. The Morgan fingerprint density at radius 3 is 2.52 bits per heavy atom. The van der Waals surface area contributed by atoms with Gasteiger partial charge in [0.05, 0.1) is 14.2 Å². The number of halogens is 2. The van der Waals surface area contributed by atoms with E-state index in [0.717, 1.165) is 22.6 Å². The number of carbonyl (C=O) groups is 3. The molecule has 1 unspecified atom stereocenters. The van der Waals surface area contributed by atoms with Gasteiger partial charge in [0.2, 0.25) is 5.91 Å². The molecule has 0 aromatic heterocycles. The lowest BCUT2D eigenvalue weighted by Gasteiger charge is -2.23. The van der Waals surface area contributed by atoms with Crippen molar-refractivity contribution in [1.29, 1.82) is 0 Å². The maximum atomic E-state index is 13.4. The van der Waals surface area contributed by atoms with Crippen molar-refractivity contribution in [3.63, 3.8) is 0 Å². The molecule has 1 atom stereocenters. The Bertz CT molecular complexity index is 1050. The van der Waals surface area contributed by atoms with E-state index in [0.29, 0.717) is 11.5 Å². The molecule has 2 N–H and O–H groups in total. The highest BCUT2D eigenvalue weighted by molar-refractivity contribution is 6.32. The number of carbonyl (C=O) groups excluding carboxylic acids is 3. The first-order valence-corrected chi connectivity index (χ1v) is 9.64. The normalized spacial score (nSPS) is 18.0. The van der Waals surface area contributed by atoms with E-state index >= 15 is 0 Å². The molecule has 3 rings (SSSR count). The Labute approximate surface area is 183 Å². The predicted octanol–water partition coefficient (Wildman–Crippen LogP) is 2.58. The van der Waals surface area contributed by atoms with E-state index in [1.54, 1.807) is 18.2 Å². The average molecular weight is 450 g/mol. The zero-order valence-electron chi connectivity index (χ0n) is 17.1. The molecular weight excluding hydrogens is 429 g/mol. The van der Waals surface area contributed by atoms with E-state index in [1.165, 1.54) is 27.2 Å². The van der Waals surface area contributed by atoms with Crippen LogP contribution in [0.2, 0.25) is 5.02 Å². The van der Waals surface area contributed by atoms with Crippen LogP contribution in [0.15, 0.2) is 36.4 Å². The summed E-state index contributed by atoms with van der Waals surface area (Å²) in [4.78, 5) is 38.5. The van der Waals surface area contributed by atoms with Crippen LogP contribution in [-0.2, 0) is 21.7 Å². The lowest BCUT2D eigenvalue weighted by atomic mass is 9.92. The molecule has 1 aliphatic heterocycles. The van der Waals surface area contributed by atoms with Crippen LogP contribution < -0.4 is 20.1 Å². The molecule has 0 bridgehead atoms. The second-order valence-corrected chi connectivity index (χ2v) is 7.44. The highest BCUT2D eigenvalue weighted by atomic mass is 35.5. The number of nitrogens with zero attached hydrogens (tertiary/aromatic N) is 1. The molecule has 0 saturated carbocycles. The highest BCUT2D eigenvalue weighted by Gasteiger charge is 2.50. The fraction of sp³-hybridized carbons (Fsp3) is 0.286. The summed E-state index contributed by atoms with van der Waals surface area (Å²) in [5.74, 6) is -0.702. The molecule has 1 aliphatic rings. The number of nitrogens with one attached hydrogen (secondary N) is 2. The second-order valence-electron chi connectivity index (χ2n) is 7.04. The van der Waals surface area contributed by atoms with Crippen LogP contribution in [0.3, 0.4) is 0 Å². The van der Waals surface area contributed by atoms with Gasteiger partial charge in [-0.25, -0.2) is 9.18 Å². The van der Waals surface area contributed by atoms with Gasteiger partial charge >= 0.3 is 6.03 Å². The number of imide groups is 1. The van der Waals surface area contributed by atoms with Crippen LogP contribution in [-0.4, -0.2) is 43.5 Å². The zero-order chi connectivity index (χ0) is 22.8. The van der Waals surface area contributed by atoms with E-state index in [1.807, 2.05) is 0 Å². The number of methoxy groups -OCH3 is 2. The van der Waals surface area contributed by atoms with Crippen LogP contribution in [0.5, 0.6) is 11.5 Å². The van der Waals surface area contributed by atoms with Crippen molar-refractivity contribution in [2.24, 2.45) is 0 Å². The van der Waals surface area contributed by atoms with E-state index in [2.05, 4.69) is 10.6 Å². The fourth-order valence-corrected chi connectivity index (χ4v) is 3.67. The Morgan fingerprint density at radius 1 is 1.16 bits per heavy atom. The van der Waals surface area contributed by atoms with E-state index in [-0.39, 0.29) is 17.1 Å². The SMILES string of the molecule is COc1ccc(CNC(=O)CN2C(=O)NC(C)(c3ccc(F)cc3Cl)C2=O)cc1OC. The third-order valence-electron chi connectivity index (χ3n) is 4.98. The lowest BCUT2D eigenvalue weighted by Crippen LogP contribution is -2.43. The molecule has 1 saturated heterocycles. The Morgan fingerprint density at radius 2 is 1.87 bits per heavy atom. The van der Waals surface area contributed by atoms with Crippen molar-refractivity contribution >= 4 is 29.4 Å². The van der Waals surface area contributed by atoms with Crippen LogP contribution >= 0.6 is 11.6 Å². The topological polar surface area (TPSA) is 97.0 Å². The van der Waals surface area contributed by atoms with Crippen molar-refractivity contribution in [3.8, 4) is 11.5 Å². The van der Waals surface area contributed by atoms with Crippen LogP contribution in [0.1, 0.15) is 18.1 Å². The van der Waals surface area contributed by atoms with Gasteiger partial charge in [-0.2, -0.15) is 0 Å². The number of ether oxygens (including phenoxy) is 2. The van der Waals surface area contributed by atoms with Crippen molar-refractivity contribution < 1.29 is 28.2 Å². The summed E-state index contributed by atoms with van der Waals surface area (Å²) in [6.45, 7) is 1.13. The van der Waals surface area contributed by atoms with Gasteiger partial charge in [0.25, 0.3) is 5.91 Å². The first-order chi connectivity index (χ1) is 14.7. The van der Waals surface area contributed by atoms with Gasteiger partial charge in [-0.05, 0) is 36.8 Å². The van der Waals surface area contributed by atoms with Gasteiger partial charge in [0.15, 0.2) is 11.5 Å². The molecule has 4 amide bonds. The van der Waals surface area contributed by atoms with Gasteiger partial charge in [0, 0.05) is 17.1 Å². The number of hydrogen-bond acceptors (Lipinski definition) is 5. The van der Waals surface area contributed by atoms with E-state index in [9.17, 15) is 18.8 Å². The molecule has 0 aliphatic carbocycles. The van der Waals surface area contributed by atoms with Crippen molar-refractivity contribution in [2.75, 3.05) is 20.8 Å². The first-order valence-electron chi connectivity index (χ1n) is 9.27. The molecule has 2 aromatic carbocycles. The predicted molar refractivity (Wildman–Crippen MR) is 110 cm³/mol. The molecule has 0 spiro atoms. The number of rotatable bonds is 7. The van der Waals surface area contributed by atoms with E-state index < -0.39 is 35.7 Å². The van der Waals surface area contributed by atoms with Gasteiger partial charge in [-0.15, -0.1) is 0 Å². The minimum Gasteiger partial charge on any atom is -0.493 e. The van der Waals surface area contributed by atoms with Crippen LogP contribution in [0.25, 0.3) is 0 Å². The smallest absolute Gasteiger partial charge is 0.325 e. The highest BCUT2D eigenvalue weighted by Crippen LogP contribution is 2.34. The summed E-state index contributed by atoms with van der Waals surface area (Å²) in [7, 11) is 3.02.